The molecule has 1 saturated carbocycles. The van der Waals surface area contributed by atoms with Crippen molar-refractivity contribution < 1.29 is 9.00 Å². The molecule has 0 radical (unpaired) electrons. The fourth-order valence-electron chi connectivity index (χ4n) is 1.42. The number of rotatable bonds is 1. The first-order valence-corrected chi connectivity index (χ1v) is 5.10. The van der Waals surface area contributed by atoms with Crippen LogP contribution in [-0.4, -0.2) is 21.5 Å². The van der Waals surface area contributed by atoms with E-state index >= 15 is 0 Å². The highest BCUT2D eigenvalue weighted by atomic mass is 32.2. The first-order valence-electron chi connectivity index (χ1n) is 3.48. The zero-order valence-electron chi connectivity index (χ0n) is 6.29. The Morgan fingerprint density at radius 2 is 2.20 bits per heavy atom. The zero-order chi connectivity index (χ0) is 7.72. The van der Waals surface area contributed by atoms with Gasteiger partial charge in [0.15, 0.2) is 0 Å². The van der Waals surface area contributed by atoms with E-state index in [2.05, 4.69) is 0 Å². The summed E-state index contributed by atoms with van der Waals surface area (Å²) in [6.07, 6.45) is 3.13. The molecule has 0 N–H and O–H groups in total. The van der Waals surface area contributed by atoms with Gasteiger partial charge in [0.25, 0.3) is 0 Å². The van der Waals surface area contributed by atoms with Gasteiger partial charge in [0.2, 0.25) is 0 Å². The molecule has 0 aromatic carbocycles. The van der Waals surface area contributed by atoms with E-state index in [1.807, 2.05) is 6.92 Å². The lowest BCUT2D eigenvalue weighted by atomic mass is 10.1. The van der Waals surface area contributed by atoms with Crippen LogP contribution in [0.5, 0.6) is 0 Å². The van der Waals surface area contributed by atoms with Gasteiger partial charge < -0.3 is 0 Å². The van der Waals surface area contributed by atoms with Crippen molar-refractivity contribution >= 4 is 16.6 Å². The van der Waals surface area contributed by atoms with Gasteiger partial charge in [-0.05, 0) is 6.42 Å². The van der Waals surface area contributed by atoms with Crippen molar-refractivity contribution in [3.8, 4) is 0 Å². The predicted octanol–water partition coefficient (Wildman–Crippen LogP) is 0.733. The third kappa shape index (κ3) is 1.29. The molecule has 0 saturated heterocycles. The summed E-state index contributed by atoms with van der Waals surface area (Å²) in [5.74, 6) is 0.311. The average Bonchev–Trinajstić information content (AvgIpc) is 2.14. The predicted molar refractivity (Wildman–Crippen MR) is 41.3 cm³/mol. The lowest BCUT2D eigenvalue weighted by Crippen LogP contribution is -2.19. The first-order chi connectivity index (χ1) is 4.63. The second-order valence-electron chi connectivity index (χ2n) is 2.83. The molecule has 3 heteroatoms. The second kappa shape index (κ2) is 2.82. The Morgan fingerprint density at radius 1 is 1.60 bits per heavy atom. The van der Waals surface area contributed by atoms with E-state index in [1.54, 1.807) is 6.26 Å². The van der Waals surface area contributed by atoms with Crippen LogP contribution < -0.4 is 0 Å². The van der Waals surface area contributed by atoms with Crippen LogP contribution in [-0.2, 0) is 15.6 Å². The molecule has 0 spiro atoms. The van der Waals surface area contributed by atoms with E-state index in [4.69, 9.17) is 0 Å². The molecule has 3 atom stereocenters. The van der Waals surface area contributed by atoms with Crippen LogP contribution in [0.25, 0.3) is 0 Å². The third-order valence-electron chi connectivity index (χ3n) is 2.17. The van der Waals surface area contributed by atoms with Crippen LogP contribution in [0.4, 0.5) is 0 Å². The van der Waals surface area contributed by atoms with Gasteiger partial charge >= 0.3 is 0 Å². The maximum atomic E-state index is 11.0. The molecule has 10 heavy (non-hydrogen) atoms. The topological polar surface area (TPSA) is 34.1 Å². The van der Waals surface area contributed by atoms with Gasteiger partial charge in [-0.3, -0.25) is 9.00 Å². The highest BCUT2D eigenvalue weighted by molar-refractivity contribution is 7.85. The van der Waals surface area contributed by atoms with Crippen molar-refractivity contribution in [1.82, 2.24) is 0 Å². The lowest BCUT2D eigenvalue weighted by Gasteiger charge is -2.08. The Labute approximate surface area is 63.5 Å². The molecule has 0 aromatic rings. The Balaban J connectivity index is 2.66. The monoisotopic (exact) mass is 160 g/mol. The minimum Gasteiger partial charge on any atom is -0.299 e. The summed E-state index contributed by atoms with van der Waals surface area (Å²) >= 11 is 0. The summed E-state index contributed by atoms with van der Waals surface area (Å²) in [4.78, 5) is 11.0. The van der Waals surface area contributed by atoms with Gasteiger partial charge in [0.1, 0.15) is 5.78 Å². The van der Waals surface area contributed by atoms with Crippen LogP contribution in [0.3, 0.4) is 0 Å². The van der Waals surface area contributed by atoms with Crippen molar-refractivity contribution in [2.75, 3.05) is 6.26 Å². The van der Waals surface area contributed by atoms with Crippen molar-refractivity contribution in [2.24, 2.45) is 5.92 Å². The second-order valence-corrected chi connectivity index (χ2v) is 4.43. The lowest BCUT2D eigenvalue weighted by molar-refractivity contribution is -0.120. The van der Waals surface area contributed by atoms with Crippen LogP contribution in [0.15, 0.2) is 0 Å². The van der Waals surface area contributed by atoms with E-state index in [0.29, 0.717) is 6.42 Å². The molecule has 2 nitrogen and oxygen atoms in total. The molecule has 0 aromatic heterocycles. The standard InChI is InChI=1S/C7H12O2S/c1-5-6(8)3-4-7(5)10(2)9/h5,7H,3-4H2,1-2H3. The minimum atomic E-state index is -0.813. The van der Waals surface area contributed by atoms with Crippen LogP contribution in [0, 0.1) is 5.92 Å². The van der Waals surface area contributed by atoms with Gasteiger partial charge in [-0.1, -0.05) is 6.92 Å². The first kappa shape index (κ1) is 7.92. The Kier molecular flexibility index (Phi) is 2.24. The number of hydrogen-bond acceptors (Lipinski definition) is 2. The van der Waals surface area contributed by atoms with Crippen molar-refractivity contribution in [1.29, 1.82) is 0 Å². The summed E-state index contributed by atoms with van der Waals surface area (Å²) in [7, 11) is -0.813. The summed E-state index contributed by atoms with van der Waals surface area (Å²) < 4.78 is 11.0. The highest BCUT2D eigenvalue weighted by Crippen LogP contribution is 2.25. The van der Waals surface area contributed by atoms with E-state index in [-0.39, 0.29) is 17.0 Å². The maximum absolute atomic E-state index is 11.0. The Bertz CT molecular complexity index is 176. The molecular formula is C7H12O2S. The molecule has 0 amide bonds. The van der Waals surface area contributed by atoms with Crippen molar-refractivity contribution in [3.05, 3.63) is 0 Å². The maximum Gasteiger partial charge on any atom is 0.136 e. The fraction of sp³-hybridized carbons (Fsp3) is 0.857. The molecule has 1 aliphatic rings. The molecule has 0 bridgehead atoms. The number of carbonyl (C=O) groups is 1. The zero-order valence-corrected chi connectivity index (χ0v) is 7.11. The summed E-state index contributed by atoms with van der Waals surface area (Å²) in [5.41, 5.74) is 0. The third-order valence-corrected chi connectivity index (χ3v) is 3.66. The molecule has 0 aliphatic heterocycles. The molecule has 1 fully saturated rings. The number of carbonyl (C=O) groups excluding carboxylic acids is 1. The molecule has 1 rings (SSSR count). The van der Waals surface area contributed by atoms with E-state index in [0.717, 1.165) is 6.42 Å². The van der Waals surface area contributed by atoms with Crippen molar-refractivity contribution in [3.63, 3.8) is 0 Å². The van der Waals surface area contributed by atoms with Gasteiger partial charge in [0, 0.05) is 34.6 Å². The average molecular weight is 160 g/mol. The summed E-state index contributed by atoms with van der Waals surface area (Å²) in [6, 6.07) is 0. The molecule has 0 heterocycles. The van der Waals surface area contributed by atoms with E-state index < -0.39 is 10.8 Å². The highest BCUT2D eigenvalue weighted by Gasteiger charge is 2.33. The molecule has 3 unspecified atom stereocenters. The fourth-order valence-corrected chi connectivity index (χ4v) is 2.60. The molecule has 1 aliphatic carbocycles. The largest absolute Gasteiger partial charge is 0.299 e. The number of Topliss-reactive ketones (excluding diaryl/α,β-unsaturated/α-hetero) is 1. The quantitative estimate of drug-likeness (QED) is 0.566. The van der Waals surface area contributed by atoms with Gasteiger partial charge in [-0.25, -0.2) is 0 Å². The smallest absolute Gasteiger partial charge is 0.136 e. The number of hydrogen-bond donors (Lipinski definition) is 0. The molecule has 58 valence electrons. The van der Waals surface area contributed by atoms with E-state index in [1.165, 1.54) is 0 Å². The van der Waals surface area contributed by atoms with Crippen LogP contribution in [0.1, 0.15) is 19.8 Å². The summed E-state index contributed by atoms with van der Waals surface area (Å²) in [5, 5.41) is 0.132. The Morgan fingerprint density at radius 3 is 2.40 bits per heavy atom. The summed E-state index contributed by atoms with van der Waals surface area (Å²) in [6.45, 7) is 1.88. The molecular weight excluding hydrogens is 148 g/mol. The number of ketones is 1. The van der Waals surface area contributed by atoms with Crippen LogP contribution in [0.2, 0.25) is 0 Å². The van der Waals surface area contributed by atoms with Crippen molar-refractivity contribution in [2.45, 2.75) is 25.0 Å². The van der Waals surface area contributed by atoms with Crippen LogP contribution >= 0.6 is 0 Å². The Hall–Kier alpha value is -0.180. The van der Waals surface area contributed by atoms with E-state index in [9.17, 15) is 9.00 Å². The normalized spacial score (nSPS) is 36.4. The minimum absolute atomic E-state index is 0.0332. The SMILES string of the molecule is CC1C(=O)CCC1S(C)=O. The van der Waals surface area contributed by atoms with Gasteiger partial charge in [-0.15, -0.1) is 0 Å². The van der Waals surface area contributed by atoms with Gasteiger partial charge in [-0.2, -0.15) is 0 Å². The van der Waals surface area contributed by atoms with Gasteiger partial charge in [0.05, 0.1) is 0 Å².